The van der Waals surface area contributed by atoms with Gasteiger partial charge in [0.2, 0.25) is 0 Å². The number of hydrogen-bond donors (Lipinski definition) is 1. The fraction of sp³-hybridized carbons (Fsp3) is 0. The average molecular weight is 151 g/mol. The van der Waals surface area contributed by atoms with Crippen molar-refractivity contribution in [2.75, 3.05) is 0 Å². The van der Waals surface area contributed by atoms with E-state index >= 15 is 0 Å². The predicted octanol–water partition coefficient (Wildman–Crippen LogP) is 2.55. The highest BCUT2D eigenvalue weighted by Crippen LogP contribution is 2.22. The third-order valence-electron chi connectivity index (χ3n) is 1.29. The molecule has 2 rings (SSSR count). The molecule has 0 aliphatic carbocycles. The van der Waals surface area contributed by atoms with E-state index in [0.717, 1.165) is 0 Å². The molecule has 2 aromatic carbocycles. The molecule has 0 saturated heterocycles. The smallest absolute Gasteiger partial charge is 0.123 e. The molecule has 0 fully saturated rings. The minimum atomic E-state index is -0.696. The van der Waals surface area contributed by atoms with Gasteiger partial charge in [-0.2, -0.15) is 0 Å². The van der Waals surface area contributed by atoms with Crippen molar-refractivity contribution in [3.05, 3.63) is 42.3 Å². The second-order valence-electron chi connectivity index (χ2n) is 1.97. The molecule has 0 spiro atoms. The van der Waals surface area contributed by atoms with Crippen LogP contribution in [0.1, 0.15) is 9.60 Å². The van der Waals surface area contributed by atoms with Gasteiger partial charge in [-0.05, 0) is 11.4 Å². The van der Waals surface area contributed by atoms with Crippen LogP contribution in [0.4, 0.5) is 0 Å². The summed E-state index contributed by atoms with van der Waals surface area (Å²) in [5.74, 6) is -0.696. The second kappa shape index (κ2) is 2.27. The molecule has 0 atom stereocenters. The number of phenolic OH excluding ortho intramolecular Hbond substituents is 1. The van der Waals surface area contributed by atoms with Crippen LogP contribution in [0.25, 0.3) is 10.8 Å². The summed E-state index contributed by atoms with van der Waals surface area (Å²) in [5, 5.41) is 9.22. The Morgan fingerprint density at radius 2 is 1.73 bits per heavy atom. The summed E-state index contributed by atoms with van der Waals surface area (Å²) in [6.45, 7) is 0. The number of fused-ring (bicyclic) bond motifs is 1. The van der Waals surface area contributed by atoms with E-state index in [2.05, 4.69) is 0 Å². The third kappa shape index (κ3) is 0.944. The van der Waals surface area contributed by atoms with Crippen molar-refractivity contribution in [2.24, 2.45) is 0 Å². The highest BCUT2D eigenvalue weighted by atomic mass is 16.3. The Hall–Kier alpha value is -1.50. The van der Waals surface area contributed by atoms with Crippen molar-refractivity contribution in [2.45, 2.75) is 0 Å². The summed E-state index contributed by atoms with van der Waals surface area (Å²) in [7, 11) is 0. The van der Waals surface area contributed by atoms with Gasteiger partial charge in [-0.15, -0.1) is 0 Å². The molecule has 11 heavy (non-hydrogen) atoms. The summed E-state index contributed by atoms with van der Waals surface area (Å²) in [5.41, 5.74) is 0. The quantitative estimate of drug-likeness (QED) is 0.613. The summed E-state index contributed by atoms with van der Waals surface area (Å²) in [6, 6.07) is -3.73. The van der Waals surface area contributed by atoms with Crippen molar-refractivity contribution >= 4 is 10.8 Å². The zero-order chi connectivity index (χ0) is 13.8. The zero-order valence-electron chi connectivity index (χ0n) is 12.4. The van der Waals surface area contributed by atoms with Crippen LogP contribution in [-0.2, 0) is 0 Å². The van der Waals surface area contributed by atoms with Crippen LogP contribution in [0.5, 0.6) is 5.75 Å². The Morgan fingerprint density at radius 3 is 2.64 bits per heavy atom. The first-order valence-electron chi connectivity index (χ1n) is 6.47. The van der Waals surface area contributed by atoms with Crippen molar-refractivity contribution in [3.8, 4) is 5.75 Å². The molecule has 1 heteroatoms. The predicted molar refractivity (Wildman–Crippen MR) is 45.6 cm³/mol. The van der Waals surface area contributed by atoms with Crippen LogP contribution in [0.15, 0.2) is 42.3 Å². The van der Waals surface area contributed by atoms with Gasteiger partial charge in [0.15, 0.2) is 0 Å². The van der Waals surface area contributed by atoms with Crippen LogP contribution in [0.2, 0.25) is 0 Å². The summed E-state index contributed by atoms with van der Waals surface area (Å²) < 4.78 is 52.9. The third-order valence-corrected chi connectivity index (χ3v) is 1.29. The van der Waals surface area contributed by atoms with Gasteiger partial charge in [0.05, 0.1) is 9.60 Å². The van der Waals surface area contributed by atoms with Crippen molar-refractivity contribution in [1.82, 2.24) is 0 Å². The van der Waals surface area contributed by atoms with Gasteiger partial charge >= 0.3 is 0 Å². The fourth-order valence-electron chi connectivity index (χ4n) is 0.799. The molecule has 0 saturated carbocycles. The van der Waals surface area contributed by atoms with Gasteiger partial charge < -0.3 is 5.11 Å². The number of aromatic hydroxyl groups is 1. The van der Waals surface area contributed by atoms with Gasteiger partial charge in [-0.25, -0.2) is 0 Å². The Kier molecular flexibility index (Phi) is 0.463. The van der Waals surface area contributed by atoms with Crippen molar-refractivity contribution in [1.29, 1.82) is 0 Å². The molecular weight excluding hydrogens is 136 g/mol. The number of phenols is 1. The molecule has 54 valence electrons. The normalized spacial score (nSPS) is 19.1. The second-order valence-corrected chi connectivity index (χ2v) is 1.97. The number of hydrogen-bond acceptors (Lipinski definition) is 1. The molecule has 1 N–H and O–H groups in total. The SMILES string of the molecule is [2H]c1c([2H])c([2H])c2c(O)c([2H])c([2H])c([2H])c2c1[2H]. The largest absolute Gasteiger partial charge is 0.507 e. The van der Waals surface area contributed by atoms with E-state index < -0.39 is 48.0 Å². The Bertz CT molecular complexity index is 567. The molecule has 0 amide bonds. The Morgan fingerprint density at radius 1 is 1.00 bits per heavy atom. The average Bonchev–Trinajstić information content (AvgIpc) is 2.35. The first kappa shape index (κ1) is 2.24. The molecule has 0 heterocycles. The topological polar surface area (TPSA) is 20.2 Å². The lowest BCUT2D eigenvalue weighted by molar-refractivity contribution is 0.481. The van der Waals surface area contributed by atoms with Crippen molar-refractivity contribution < 1.29 is 14.7 Å². The fourth-order valence-corrected chi connectivity index (χ4v) is 0.799. The van der Waals surface area contributed by atoms with Gasteiger partial charge in [0.1, 0.15) is 5.75 Å². The van der Waals surface area contributed by atoms with Crippen LogP contribution < -0.4 is 0 Å². The molecule has 0 aromatic heterocycles. The lowest BCUT2D eigenvalue weighted by atomic mass is 10.1. The van der Waals surface area contributed by atoms with E-state index in [1.54, 1.807) is 0 Å². The number of rotatable bonds is 0. The Labute approximate surface area is 74.7 Å². The highest BCUT2D eigenvalue weighted by molar-refractivity contribution is 5.87. The van der Waals surface area contributed by atoms with Crippen LogP contribution in [0.3, 0.4) is 0 Å². The van der Waals surface area contributed by atoms with E-state index in [9.17, 15) is 5.11 Å². The lowest BCUT2D eigenvalue weighted by Gasteiger charge is -1.97. The molecule has 2 aromatic rings. The summed E-state index contributed by atoms with van der Waals surface area (Å²) >= 11 is 0. The molecule has 0 radical (unpaired) electrons. The minimum absolute atomic E-state index is 0.237. The van der Waals surface area contributed by atoms with E-state index in [-0.39, 0.29) is 10.8 Å². The summed E-state index contributed by atoms with van der Waals surface area (Å²) in [6.07, 6.45) is 0. The van der Waals surface area contributed by atoms with Crippen LogP contribution >= 0.6 is 0 Å². The minimum Gasteiger partial charge on any atom is -0.507 e. The molecular formula is C10H8O. The monoisotopic (exact) mass is 151 g/mol. The summed E-state index contributed by atoms with van der Waals surface area (Å²) in [4.78, 5) is 0. The van der Waals surface area contributed by atoms with Gasteiger partial charge in [0, 0.05) is 5.39 Å². The maximum absolute atomic E-state index is 9.75. The molecule has 0 unspecified atom stereocenters. The Balaban J connectivity index is 3.22. The molecule has 1 nitrogen and oxygen atoms in total. The van der Waals surface area contributed by atoms with Gasteiger partial charge in [0.25, 0.3) is 0 Å². The van der Waals surface area contributed by atoms with E-state index in [1.807, 2.05) is 0 Å². The molecule has 0 aliphatic rings. The maximum Gasteiger partial charge on any atom is 0.123 e. The number of benzene rings is 2. The first-order valence-corrected chi connectivity index (χ1v) is 2.97. The first-order chi connectivity index (χ1) is 8.29. The van der Waals surface area contributed by atoms with Gasteiger partial charge in [-0.1, -0.05) is 36.3 Å². The zero-order valence-corrected chi connectivity index (χ0v) is 5.45. The van der Waals surface area contributed by atoms with E-state index in [0.29, 0.717) is 0 Å². The van der Waals surface area contributed by atoms with E-state index in [4.69, 9.17) is 9.60 Å². The van der Waals surface area contributed by atoms with E-state index in [1.165, 1.54) is 0 Å². The molecule has 0 aliphatic heterocycles. The molecule has 0 bridgehead atoms. The lowest BCUT2D eigenvalue weighted by Crippen LogP contribution is -1.70. The van der Waals surface area contributed by atoms with Crippen LogP contribution in [-0.4, -0.2) is 5.11 Å². The highest BCUT2D eigenvalue weighted by Gasteiger charge is 1.94. The van der Waals surface area contributed by atoms with Crippen molar-refractivity contribution in [3.63, 3.8) is 0 Å². The van der Waals surface area contributed by atoms with Crippen LogP contribution in [0, 0.1) is 0 Å². The van der Waals surface area contributed by atoms with Gasteiger partial charge in [-0.3, -0.25) is 0 Å². The standard InChI is InChI=1S/C10H8O/c11-10-7-3-5-8-4-1-2-6-9(8)10/h1-7,11H/i1D,2D,3D,4D,5D,6D,7D. The maximum atomic E-state index is 9.75.